The first-order valence-corrected chi connectivity index (χ1v) is 8.19. The number of piperidine rings is 1. The van der Waals surface area contributed by atoms with Gasteiger partial charge in [0, 0.05) is 40.2 Å². The van der Waals surface area contributed by atoms with E-state index < -0.39 is 0 Å². The highest BCUT2D eigenvalue weighted by atomic mass is 79.9. The lowest BCUT2D eigenvalue weighted by Crippen LogP contribution is -2.48. The number of halogens is 1. The van der Waals surface area contributed by atoms with E-state index in [-0.39, 0.29) is 6.04 Å². The summed E-state index contributed by atoms with van der Waals surface area (Å²) in [4.78, 5) is 5.92. The Bertz CT molecular complexity index is 590. The van der Waals surface area contributed by atoms with Crippen LogP contribution in [0.4, 0.5) is 0 Å². The lowest BCUT2D eigenvalue weighted by atomic mass is 9.96. The first-order valence-electron chi connectivity index (χ1n) is 7.40. The van der Waals surface area contributed by atoms with E-state index in [0.29, 0.717) is 6.04 Å². The molecule has 20 heavy (non-hydrogen) atoms. The molecule has 0 radical (unpaired) electrons. The van der Waals surface area contributed by atoms with Crippen LogP contribution in [-0.2, 0) is 6.54 Å². The molecule has 1 aliphatic rings. The number of aromatic nitrogens is 1. The van der Waals surface area contributed by atoms with E-state index in [9.17, 15) is 0 Å². The van der Waals surface area contributed by atoms with Crippen LogP contribution < -0.4 is 5.73 Å². The van der Waals surface area contributed by atoms with Crippen LogP contribution in [0.3, 0.4) is 0 Å². The van der Waals surface area contributed by atoms with Gasteiger partial charge in [-0.2, -0.15) is 0 Å². The summed E-state index contributed by atoms with van der Waals surface area (Å²) in [5, 5.41) is 1.31. The van der Waals surface area contributed by atoms with Crippen molar-refractivity contribution < 1.29 is 0 Å². The number of benzene rings is 1. The molecule has 3 rings (SSSR count). The van der Waals surface area contributed by atoms with Gasteiger partial charge >= 0.3 is 0 Å². The summed E-state index contributed by atoms with van der Waals surface area (Å²) >= 11 is 3.56. The van der Waals surface area contributed by atoms with Gasteiger partial charge in [-0.15, -0.1) is 0 Å². The topological polar surface area (TPSA) is 45.0 Å². The normalized spacial score (nSPS) is 22.2. The largest absolute Gasteiger partial charge is 0.361 e. The molecule has 0 spiro atoms. The summed E-state index contributed by atoms with van der Waals surface area (Å²) in [5.41, 5.74) is 8.74. The summed E-state index contributed by atoms with van der Waals surface area (Å²) < 4.78 is 1.13. The number of rotatable bonds is 3. The Hall–Kier alpha value is -0.840. The number of hydrogen-bond acceptors (Lipinski definition) is 2. The Morgan fingerprint density at radius 3 is 3.10 bits per heavy atom. The second-order valence-corrected chi connectivity index (χ2v) is 6.81. The third-order valence-corrected chi connectivity index (χ3v) is 4.87. The van der Waals surface area contributed by atoms with Gasteiger partial charge in [0.25, 0.3) is 0 Å². The lowest BCUT2D eigenvalue weighted by Gasteiger charge is -2.38. The van der Waals surface area contributed by atoms with Crippen molar-refractivity contribution in [1.82, 2.24) is 9.88 Å². The smallest absolute Gasteiger partial charge is 0.0458 e. The van der Waals surface area contributed by atoms with Gasteiger partial charge in [0.1, 0.15) is 0 Å². The Kier molecular flexibility index (Phi) is 4.15. The zero-order valence-corrected chi connectivity index (χ0v) is 13.5. The van der Waals surface area contributed by atoms with Crippen LogP contribution in [0.5, 0.6) is 0 Å². The van der Waals surface area contributed by atoms with E-state index >= 15 is 0 Å². The van der Waals surface area contributed by atoms with Crippen LogP contribution in [0.25, 0.3) is 10.9 Å². The molecule has 3 nitrogen and oxygen atoms in total. The average Bonchev–Trinajstić information content (AvgIpc) is 2.82. The van der Waals surface area contributed by atoms with Crippen LogP contribution in [0.1, 0.15) is 31.7 Å². The van der Waals surface area contributed by atoms with Crippen LogP contribution in [0.15, 0.2) is 28.9 Å². The van der Waals surface area contributed by atoms with Crippen molar-refractivity contribution in [2.45, 2.75) is 44.8 Å². The second kappa shape index (κ2) is 5.88. The second-order valence-electron chi connectivity index (χ2n) is 5.90. The third kappa shape index (κ3) is 2.78. The van der Waals surface area contributed by atoms with E-state index in [0.717, 1.165) is 17.6 Å². The maximum atomic E-state index is 6.17. The predicted molar refractivity (Wildman–Crippen MR) is 87.7 cm³/mol. The molecule has 4 heteroatoms. The van der Waals surface area contributed by atoms with Gasteiger partial charge < -0.3 is 10.7 Å². The number of nitrogens with two attached hydrogens (primary N) is 1. The standard InChI is InChI=1S/C16H22BrN3/c1-11(18)16-4-2-3-7-20(16)10-12-9-19-15-6-5-13(17)8-14(12)15/h5-6,8-9,11,16,19H,2-4,7,10,18H2,1H3. The van der Waals surface area contributed by atoms with E-state index in [4.69, 9.17) is 5.73 Å². The Balaban J connectivity index is 1.86. The molecule has 1 aliphatic heterocycles. The van der Waals surface area contributed by atoms with Crippen molar-refractivity contribution in [1.29, 1.82) is 0 Å². The minimum atomic E-state index is 0.243. The summed E-state index contributed by atoms with van der Waals surface area (Å²) in [6.07, 6.45) is 5.96. The van der Waals surface area contributed by atoms with Crippen LogP contribution >= 0.6 is 15.9 Å². The minimum absolute atomic E-state index is 0.243. The molecule has 0 bridgehead atoms. The highest BCUT2D eigenvalue weighted by Crippen LogP contribution is 2.27. The maximum absolute atomic E-state index is 6.17. The zero-order valence-electron chi connectivity index (χ0n) is 11.9. The van der Waals surface area contributed by atoms with Gasteiger partial charge in [0.05, 0.1) is 0 Å². The molecule has 1 aromatic carbocycles. The third-order valence-electron chi connectivity index (χ3n) is 4.37. The van der Waals surface area contributed by atoms with Gasteiger partial charge in [0.2, 0.25) is 0 Å². The highest BCUT2D eigenvalue weighted by molar-refractivity contribution is 9.10. The quantitative estimate of drug-likeness (QED) is 0.899. The molecule has 2 atom stereocenters. The molecule has 1 saturated heterocycles. The monoisotopic (exact) mass is 335 g/mol. The molecule has 108 valence electrons. The molecule has 0 aliphatic carbocycles. The van der Waals surface area contributed by atoms with Crippen molar-refractivity contribution in [3.63, 3.8) is 0 Å². The number of H-pyrrole nitrogens is 1. The minimum Gasteiger partial charge on any atom is -0.361 e. The fourth-order valence-electron chi connectivity index (χ4n) is 3.31. The van der Waals surface area contributed by atoms with E-state index in [1.165, 1.54) is 35.7 Å². The van der Waals surface area contributed by atoms with Gasteiger partial charge in [-0.05, 0) is 50.1 Å². The Labute approximate surface area is 128 Å². The molecule has 2 aromatic rings. The number of nitrogens with one attached hydrogen (secondary N) is 1. The fourth-order valence-corrected chi connectivity index (χ4v) is 3.67. The average molecular weight is 336 g/mol. The number of nitrogens with zero attached hydrogens (tertiary/aromatic N) is 1. The van der Waals surface area contributed by atoms with Crippen LogP contribution in [-0.4, -0.2) is 28.5 Å². The van der Waals surface area contributed by atoms with Crippen molar-refractivity contribution >= 4 is 26.8 Å². The number of fused-ring (bicyclic) bond motifs is 1. The Morgan fingerprint density at radius 2 is 2.30 bits per heavy atom. The van der Waals surface area contributed by atoms with Crippen molar-refractivity contribution in [3.8, 4) is 0 Å². The SMILES string of the molecule is CC(N)C1CCCCN1Cc1c[nH]c2ccc(Br)cc12. The highest BCUT2D eigenvalue weighted by Gasteiger charge is 2.25. The molecule has 1 fully saturated rings. The molecule has 1 aromatic heterocycles. The van der Waals surface area contributed by atoms with Crippen LogP contribution in [0.2, 0.25) is 0 Å². The molecular formula is C16H22BrN3. The lowest BCUT2D eigenvalue weighted by molar-refractivity contribution is 0.123. The summed E-state index contributed by atoms with van der Waals surface area (Å²) in [6.45, 7) is 4.28. The van der Waals surface area contributed by atoms with Gasteiger partial charge in [0.15, 0.2) is 0 Å². The Morgan fingerprint density at radius 1 is 1.45 bits per heavy atom. The molecule has 3 N–H and O–H groups in total. The van der Waals surface area contributed by atoms with Crippen LogP contribution in [0, 0.1) is 0 Å². The first-order chi connectivity index (χ1) is 9.65. The van der Waals surface area contributed by atoms with E-state index in [1.807, 2.05) is 0 Å². The van der Waals surface area contributed by atoms with Crippen molar-refractivity contribution in [2.24, 2.45) is 5.73 Å². The van der Waals surface area contributed by atoms with Gasteiger partial charge in [-0.3, -0.25) is 4.90 Å². The van der Waals surface area contributed by atoms with Gasteiger partial charge in [-0.1, -0.05) is 22.4 Å². The molecular weight excluding hydrogens is 314 g/mol. The first kappa shape index (κ1) is 14.1. The fraction of sp³-hybridized carbons (Fsp3) is 0.500. The zero-order chi connectivity index (χ0) is 14.1. The summed E-state index contributed by atoms with van der Waals surface area (Å²) in [5.74, 6) is 0. The van der Waals surface area contributed by atoms with Gasteiger partial charge in [-0.25, -0.2) is 0 Å². The number of aromatic amines is 1. The summed E-state index contributed by atoms with van der Waals surface area (Å²) in [7, 11) is 0. The number of likely N-dealkylation sites (tertiary alicyclic amines) is 1. The number of hydrogen-bond donors (Lipinski definition) is 2. The van der Waals surface area contributed by atoms with E-state index in [2.05, 4.69) is 57.1 Å². The molecule has 0 amide bonds. The molecule has 2 heterocycles. The van der Waals surface area contributed by atoms with Crippen molar-refractivity contribution in [2.75, 3.05) is 6.54 Å². The molecule has 2 unspecified atom stereocenters. The molecule has 0 saturated carbocycles. The van der Waals surface area contributed by atoms with Crippen molar-refractivity contribution in [3.05, 3.63) is 34.4 Å². The van der Waals surface area contributed by atoms with E-state index in [1.54, 1.807) is 0 Å². The maximum Gasteiger partial charge on any atom is 0.0458 e. The predicted octanol–water partition coefficient (Wildman–Crippen LogP) is 3.63. The summed E-state index contributed by atoms with van der Waals surface area (Å²) in [6, 6.07) is 7.16.